The Morgan fingerprint density at radius 2 is 1.96 bits per heavy atom. The quantitative estimate of drug-likeness (QED) is 0.573. The Balaban J connectivity index is 1.48. The molecular weight excluding hydrogens is 398 g/mol. The molecule has 0 N–H and O–H groups in total. The van der Waals surface area contributed by atoms with Crippen LogP contribution in [0.2, 0.25) is 0 Å². The summed E-state index contributed by atoms with van der Waals surface area (Å²) >= 11 is 4.69. The number of carbonyl (C=O) groups is 1. The molecule has 1 aliphatic rings. The third kappa shape index (κ3) is 4.64. The summed E-state index contributed by atoms with van der Waals surface area (Å²) in [5.74, 6) is 0.0408. The predicted molar refractivity (Wildman–Crippen MR) is 113 cm³/mol. The average molecular weight is 420 g/mol. The highest BCUT2D eigenvalue weighted by molar-refractivity contribution is 7.16. The molecule has 0 aliphatic carbocycles. The van der Waals surface area contributed by atoms with E-state index >= 15 is 0 Å². The molecule has 0 saturated carbocycles. The van der Waals surface area contributed by atoms with Gasteiger partial charge in [-0.15, -0.1) is 34.0 Å². The summed E-state index contributed by atoms with van der Waals surface area (Å²) in [5.41, 5.74) is 0.946. The van der Waals surface area contributed by atoms with Crippen molar-refractivity contribution in [3.05, 3.63) is 45.3 Å². The Bertz CT molecular complexity index is 840. The summed E-state index contributed by atoms with van der Waals surface area (Å²) < 4.78 is 5.41. The fourth-order valence-corrected chi connectivity index (χ4v) is 5.30. The fourth-order valence-electron chi connectivity index (χ4n) is 3.02. The van der Waals surface area contributed by atoms with Crippen LogP contribution in [0.4, 0.5) is 5.13 Å². The van der Waals surface area contributed by atoms with Gasteiger partial charge >= 0.3 is 0 Å². The van der Waals surface area contributed by atoms with Crippen LogP contribution in [-0.2, 0) is 4.74 Å². The first-order valence-corrected chi connectivity index (χ1v) is 11.6. The summed E-state index contributed by atoms with van der Waals surface area (Å²) in [6.07, 6.45) is 0.922. The first kappa shape index (κ1) is 18.8. The predicted octanol–water partition coefficient (Wildman–Crippen LogP) is 4.30. The van der Waals surface area contributed by atoms with E-state index in [2.05, 4.69) is 11.0 Å². The van der Waals surface area contributed by atoms with E-state index < -0.39 is 0 Å². The third-order valence-electron chi connectivity index (χ3n) is 4.43. The van der Waals surface area contributed by atoms with E-state index in [9.17, 15) is 4.79 Å². The number of morpholine rings is 1. The van der Waals surface area contributed by atoms with Gasteiger partial charge in [0.15, 0.2) is 5.13 Å². The van der Waals surface area contributed by atoms with Crippen LogP contribution in [-0.4, -0.2) is 55.2 Å². The van der Waals surface area contributed by atoms with Crippen LogP contribution in [0.25, 0.3) is 10.6 Å². The summed E-state index contributed by atoms with van der Waals surface area (Å²) in [6.45, 7) is 5.19. The summed E-state index contributed by atoms with van der Waals surface area (Å²) in [5, 5.41) is 6.81. The Morgan fingerprint density at radius 3 is 2.70 bits per heavy atom. The van der Waals surface area contributed by atoms with Gasteiger partial charge in [0.2, 0.25) is 0 Å². The SMILES string of the molecule is O=C(c1cccs1)N(CCCN1CCOCC1)c1nc(-c2cccs2)cs1. The number of amides is 1. The lowest BCUT2D eigenvalue weighted by atomic mass is 10.3. The van der Waals surface area contributed by atoms with E-state index in [0.717, 1.165) is 59.8 Å². The highest BCUT2D eigenvalue weighted by Crippen LogP contribution is 2.31. The van der Waals surface area contributed by atoms with Crippen LogP contribution in [0.15, 0.2) is 40.4 Å². The van der Waals surface area contributed by atoms with E-state index in [-0.39, 0.29) is 5.91 Å². The molecule has 1 fully saturated rings. The largest absolute Gasteiger partial charge is 0.379 e. The van der Waals surface area contributed by atoms with Crippen molar-refractivity contribution in [2.24, 2.45) is 0 Å². The molecule has 27 heavy (non-hydrogen) atoms. The normalized spacial score (nSPS) is 15.1. The van der Waals surface area contributed by atoms with Crippen molar-refractivity contribution in [1.82, 2.24) is 9.88 Å². The lowest BCUT2D eigenvalue weighted by molar-refractivity contribution is 0.0376. The van der Waals surface area contributed by atoms with Crippen molar-refractivity contribution >= 4 is 45.0 Å². The third-order valence-corrected chi connectivity index (χ3v) is 7.05. The highest BCUT2D eigenvalue weighted by Gasteiger charge is 2.22. The van der Waals surface area contributed by atoms with Crippen LogP contribution in [0, 0.1) is 0 Å². The molecule has 3 aromatic heterocycles. The smallest absolute Gasteiger partial charge is 0.270 e. The Morgan fingerprint density at radius 1 is 1.15 bits per heavy atom. The van der Waals surface area contributed by atoms with Crippen LogP contribution in [0.3, 0.4) is 0 Å². The van der Waals surface area contributed by atoms with Gasteiger partial charge in [-0.2, -0.15) is 0 Å². The zero-order valence-corrected chi connectivity index (χ0v) is 17.3. The minimum Gasteiger partial charge on any atom is -0.379 e. The van der Waals surface area contributed by atoms with Crippen LogP contribution in [0.1, 0.15) is 16.1 Å². The average Bonchev–Trinajstić information content (AvgIpc) is 3.47. The van der Waals surface area contributed by atoms with Gasteiger partial charge in [0, 0.05) is 31.6 Å². The molecule has 3 aromatic rings. The summed E-state index contributed by atoms with van der Waals surface area (Å²) in [4.78, 5) is 23.9. The molecule has 1 saturated heterocycles. The van der Waals surface area contributed by atoms with Crippen molar-refractivity contribution in [3.63, 3.8) is 0 Å². The van der Waals surface area contributed by atoms with E-state index in [1.807, 2.05) is 39.2 Å². The maximum atomic E-state index is 13.1. The van der Waals surface area contributed by atoms with Crippen molar-refractivity contribution in [2.75, 3.05) is 44.3 Å². The highest BCUT2D eigenvalue weighted by atomic mass is 32.1. The van der Waals surface area contributed by atoms with E-state index in [0.29, 0.717) is 6.54 Å². The number of aromatic nitrogens is 1. The van der Waals surface area contributed by atoms with Crippen molar-refractivity contribution < 1.29 is 9.53 Å². The molecule has 1 aliphatic heterocycles. The second-order valence-corrected chi connectivity index (χ2v) is 8.97. The molecule has 1 amide bonds. The van der Waals surface area contributed by atoms with Crippen LogP contribution < -0.4 is 4.90 Å². The van der Waals surface area contributed by atoms with Gasteiger partial charge in [-0.25, -0.2) is 4.98 Å². The Hall–Kier alpha value is -1.58. The Kier molecular flexibility index (Phi) is 6.31. The molecule has 0 atom stereocenters. The van der Waals surface area contributed by atoms with Gasteiger partial charge in [0.25, 0.3) is 5.91 Å². The fraction of sp³-hybridized carbons (Fsp3) is 0.368. The standard InChI is InChI=1S/C19H21N3O2S3/c23-18(17-5-2-13-26-17)22(7-3-6-21-8-10-24-11-9-21)19-20-15(14-27-19)16-4-1-12-25-16/h1-2,4-5,12-14H,3,6-11H2. The van der Waals surface area contributed by atoms with Crippen molar-refractivity contribution in [2.45, 2.75) is 6.42 Å². The molecule has 142 valence electrons. The number of anilines is 1. The van der Waals surface area contributed by atoms with E-state index in [1.165, 1.54) is 22.7 Å². The molecule has 0 spiro atoms. The maximum Gasteiger partial charge on any atom is 0.270 e. The second-order valence-electron chi connectivity index (χ2n) is 6.23. The van der Waals surface area contributed by atoms with Gasteiger partial charge < -0.3 is 4.74 Å². The topological polar surface area (TPSA) is 45.7 Å². The number of nitrogens with zero attached hydrogens (tertiary/aromatic N) is 3. The Labute approximate surface area is 170 Å². The molecule has 8 heteroatoms. The molecule has 5 nitrogen and oxygen atoms in total. The lowest BCUT2D eigenvalue weighted by Gasteiger charge is -2.27. The number of rotatable bonds is 7. The summed E-state index contributed by atoms with van der Waals surface area (Å²) in [6, 6.07) is 7.89. The molecule has 0 radical (unpaired) electrons. The van der Waals surface area contributed by atoms with Crippen molar-refractivity contribution in [1.29, 1.82) is 0 Å². The second kappa shape index (κ2) is 9.07. The number of ether oxygens (including phenoxy) is 1. The maximum absolute atomic E-state index is 13.1. The van der Waals surface area contributed by atoms with E-state index in [1.54, 1.807) is 11.3 Å². The lowest BCUT2D eigenvalue weighted by Crippen LogP contribution is -2.39. The monoisotopic (exact) mass is 419 g/mol. The molecule has 0 unspecified atom stereocenters. The van der Waals surface area contributed by atoms with Gasteiger partial charge in [0.1, 0.15) is 0 Å². The molecule has 4 heterocycles. The molecular formula is C19H21N3O2S3. The number of hydrogen-bond acceptors (Lipinski definition) is 7. The zero-order valence-electron chi connectivity index (χ0n) is 14.9. The first-order chi connectivity index (χ1) is 13.3. The van der Waals surface area contributed by atoms with Gasteiger partial charge in [0.05, 0.1) is 28.7 Å². The molecule has 0 aromatic carbocycles. The number of thiazole rings is 1. The zero-order chi connectivity index (χ0) is 18.5. The molecule has 0 bridgehead atoms. The minimum atomic E-state index is 0.0408. The van der Waals surface area contributed by atoms with Crippen LogP contribution in [0.5, 0.6) is 0 Å². The van der Waals surface area contributed by atoms with Gasteiger partial charge in [-0.3, -0.25) is 14.6 Å². The first-order valence-electron chi connectivity index (χ1n) is 8.96. The number of thiophene rings is 2. The van der Waals surface area contributed by atoms with Gasteiger partial charge in [-0.05, 0) is 29.3 Å². The van der Waals surface area contributed by atoms with E-state index in [4.69, 9.17) is 9.72 Å². The van der Waals surface area contributed by atoms with Crippen molar-refractivity contribution in [3.8, 4) is 10.6 Å². The number of carbonyl (C=O) groups excluding carboxylic acids is 1. The molecule has 4 rings (SSSR count). The van der Waals surface area contributed by atoms with Crippen LogP contribution >= 0.6 is 34.0 Å². The number of hydrogen-bond donors (Lipinski definition) is 0. The summed E-state index contributed by atoms with van der Waals surface area (Å²) in [7, 11) is 0. The van der Waals surface area contributed by atoms with Gasteiger partial charge in [-0.1, -0.05) is 12.1 Å². The minimum absolute atomic E-state index is 0.0408.